The number of nitriles is 1. The number of aromatic hydroxyl groups is 1. The van der Waals surface area contributed by atoms with Crippen molar-refractivity contribution in [2.45, 2.75) is 0 Å². The Morgan fingerprint density at radius 1 is 1.00 bits per heavy atom. The SMILES string of the molecule is N#Cc1ncccc1Oc1cc2ccccc2cc1O. The Kier molecular flexibility index (Phi) is 2.94. The summed E-state index contributed by atoms with van der Waals surface area (Å²) >= 11 is 0. The van der Waals surface area contributed by atoms with Crippen LogP contribution in [0.3, 0.4) is 0 Å². The second-order valence-electron chi connectivity index (χ2n) is 4.23. The van der Waals surface area contributed by atoms with Crippen molar-refractivity contribution in [3.05, 3.63) is 60.4 Å². The smallest absolute Gasteiger partial charge is 0.183 e. The molecule has 3 rings (SSSR count). The summed E-state index contributed by atoms with van der Waals surface area (Å²) in [6.45, 7) is 0. The third kappa shape index (κ3) is 2.13. The molecule has 0 atom stereocenters. The fraction of sp³-hybridized carbons (Fsp3) is 0. The van der Waals surface area contributed by atoms with Gasteiger partial charge in [0.15, 0.2) is 22.9 Å². The van der Waals surface area contributed by atoms with Crippen molar-refractivity contribution >= 4 is 10.8 Å². The first-order chi connectivity index (χ1) is 9.78. The summed E-state index contributed by atoms with van der Waals surface area (Å²) in [5, 5.41) is 20.9. The summed E-state index contributed by atoms with van der Waals surface area (Å²) in [6, 6.07) is 16.3. The maximum absolute atomic E-state index is 10.0. The highest BCUT2D eigenvalue weighted by molar-refractivity contribution is 5.86. The van der Waals surface area contributed by atoms with Gasteiger partial charge in [0.25, 0.3) is 0 Å². The van der Waals surface area contributed by atoms with Gasteiger partial charge < -0.3 is 9.84 Å². The van der Waals surface area contributed by atoms with Gasteiger partial charge in [0.2, 0.25) is 0 Å². The molecule has 0 fully saturated rings. The number of hydrogen-bond acceptors (Lipinski definition) is 4. The standard InChI is InChI=1S/C16H10N2O2/c17-10-13-15(6-3-7-18-13)20-16-9-12-5-2-1-4-11(12)8-14(16)19/h1-9,19H. The zero-order valence-corrected chi connectivity index (χ0v) is 10.4. The lowest BCUT2D eigenvalue weighted by Crippen LogP contribution is -1.91. The van der Waals surface area contributed by atoms with Gasteiger partial charge in [-0.1, -0.05) is 24.3 Å². The topological polar surface area (TPSA) is 66.1 Å². The molecule has 0 unspecified atom stereocenters. The molecule has 0 aliphatic rings. The van der Waals surface area contributed by atoms with Gasteiger partial charge in [-0.3, -0.25) is 0 Å². The molecule has 20 heavy (non-hydrogen) atoms. The number of nitrogens with zero attached hydrogens (tertiary/aromatic N) is 2. The third-order valence-electron chi connectivity index (χ3n) is 2.92. The first kappa shape index (κ1) is 12.0. The number of ether oxygens (including phenoxy) is 1. The first-order valence-corrected chi connectivity index (χ1v) is 6.02. The van der Waals surface area contributed by atoms with E-state index in [9.17, 15) is 5.11 Å². The number of rotatable bonds is 2. The van der Waals surface area contributed by atoms with Crippen molar-refractivity contribution in [2.75, 3.05) is 0 Å². The average molecular weight is 262 g/mol. The molecule has 4 heteroatoms. The van der Waals surface area contributed by atoms with E-state index in [1.807, 2.05) is 30.3 Å². The van der Waals surface area contributed by atoms with E-state index in [1.165, 1.54) is 6.20 Å². The summed E-state index contributed by atoms with van der Waals surface area (Å²) in [5.41, 5.74) is 0.181. The van der Waals surface area contributed by atoms with Crippen molar-refractivity contribution in [1.82, 2.24) is 4.98 Å². The quantitative estimate of drug-likeness (QED) is 0.766. The molecular weight excluding hydrogens is 252 g/mol. The molecule has 4 nitrogen and oxygen atoms in total. The van der Waals surface area contributed by atoms with Crippen LogP contribution in [-0.4, -0.2) is 10.1 Å². The highest BCUT2D eigenvalue weighted by Crippen LogP contribution is 2.35. The number of benzene rings is 2. The number of fused-ring (bicyclic) bond motifs is 1. The predicted molar refractivity (Wildman–Crippen MR) is 74.6 cm³/mol. The van der Waals surface area contributed by atoms with Crippen LogP contribution in [0.2, 0.25) is 0 Å². The molecule has 0 radical (unpaired) electrons. The summed E-state index contributed by atoms with van der Waals surface area (Å²) < 4.78 is 5.60. The van der Waals surface area contributed by atoms with Crippen LogP contribution >= 0.6 is 0 Å². The Labute approximate surface area is 115 Å². The van der Waals surface area contributed by atoms with Crippen molar-refractivity contribution in [2.24, 2.45) is 0 Å². The molecule has 2 aromatic carbocycles. The molecule has 1 N–H and O–H groups in total. The molecule has 0 amide bonds. The Hall–Kier alpha value is -3.06. The van der Waals surface area contributed by atoms with Crippen molar-refractivity contribution < 1.29 is 9.84 Å². The molecular formula is C16H10N2O2. The highest BCUT2D eigenvalue weighted by atomic mass is 16.5. The van der Waals surface area contributed by atoms with Crippen molar-refractivity contribution in [1.29, 1.82) is 5.26 Å². The fourth-order valence-electron chi connectivity index (χ4n) is 1.96. The number of hydrogen-bond donors (Lipinski definition) is 1. The third-order valence-corrected chi connectivity index (χ3v) is 2.92. The summed E-state index contributed by atoms with van der Waals surface area (Å²) in [6.07, 6.45) is 1.52. The van der Waals surface area contributed by atoms with E-state index in [0.29, 0.717) is 11.5 Å². The van der Waals surface area contributed by atoms with E-state index < -0.39 is 0 Å². The van der Waals surface area contributed by atoms with Gasteiger partial charge in [0.1, 0.15) is 6.07 Å². The van der Waals surface area contributed by atoms with Crippen LogP contribution in [0, 0.1) is 11.3 Å². The van der Waals surface area contributed by atoms with Gasteiger partial charge in [-0.2, -0.15) is 5.26 Å². The molecule has 0 saturated carbocycles. The van der Waals surface area contributed by atoms with E-state index in [4.69, 9.17) is 10.00 Å². The van der Waals surface area contributed by atoms with Crippen LogP contribution in [0.1, 0.15) is 5.69 Å². The Morgan fingerprint density at radius 2 is 1.75 bits per heavy atom. The van der Waals surface area contributed by atoms with Crippen LogP contribution in [0.4, 0.5) is 0 Å². The van der Waals surface area contributed by atoms with E-state index in [-0.39, 0.29) is 11.4 Å². The molecule has 0 aliphatic heterocycles. The average Bonchev–Trinajstić information content (AvgIpc) is 2.48. The molecule has 1 aromatic heterocycles. The largest absolute Gasteiger partial charge is 0.504 e. The van der Waals surface area contributed by atoms with Crippen LogP contribution in [-0.2, 0) is 0 Å². The highest BCUT2D eigenvalue weighted by Gasteiger charge is 2.09. The summed E-state index contributed by atoms with van der Waals surface area (Å²) in [5.74, 6) is 0.644. The Balaban J connectivity index is 2.07. The second-order valence-corrected chi connectivity index (χ2v) is 4.23. The molecule has 0 bridgehead atoms. The molecule has 1 heterocycles. The predicted octanol–water partition coefficient (Wildman–Crippen LogP) is 3.60. The number of pyridine rings is 1. The van der Waals surface area contributed by atoms with Gasteiger partial charge in [-0.15, -0.1) is 0 Å². The zero-order valence-electron chi connectivity index (χ0n) is 10.4. The number of phenols is 1. The lowest BCUT2D eigenvalue weighted by Gasteiger charge is -2.09. The van der Waals surface area contributed by atoms with Crippen molar-refractivity contribution in [3.8, 4) is 23.3 Å². The van der Waals surface area contributed by atoms with Crippen LogP contribution < -0.4 is 4.74 Å². The normalized spacial score (nSPS) is 10.2. The molecule has 0 aliphatic carbocycles. The van der Waals surface area contributed by atoms with Crippen LogP contribution in [0.15, 0.2) is 54.7 Å². The summed E-state index contributed by atoms with van der Waals surface area (Å²) in [7, 11) is 0. The molecule has 0 spiro atoms. The van der Waals surface area contributed by atoms with Gasteiger partial charge in [0, 0.05) is 6.20 Å². The van der Waals surface area contributed by atoms with E-state index >= 15 is 0 Å². The minimum atomic E-state index is 0.0245. The maximum atomic E-state index is 10.0. The van der Waals surface area contributed by atoms with Gasteiger partial charge in [-0.25, -0.2) is 4.98 Å². The second kappa shape index (κ2) is 4.90. The number of aromatic nitrogens is 1. The fourth-order valence-corrected chi connectivity index (χ4v) is 1.96. The monoisotopic (exact) mass is 262 g/mol. The Bertz CT molecular complexity index is 822. The van der Waals surface area contributed by atoms with E-state index in [2.05, 4.69) is 4.98 Å². The molecule has 3 aromatic rings. The minimum absolute atomic E-state index is 0.0245. The van der Waals surface area contributed by atoms with Gasteiger partial charge in [0.05, 0.1) is 0 Å². The lowest BCUT2D eigenvalue weighted by atomic mass is 10.1. The maximum Gasteiger partial charge on any atom is 0.183 e. The Morgan fingerprint density at radius 3 is 2.50 bits per heavy atom. The lowest BCUT2D eigenvalue weighted by molar-refractivity contribution is 0.411. The molecule has 0 saturated heterocycles. The van der Waals surface area contributed by atoms with E-state index in [0.717, 1.165) is 10.8 Å². The summed E-state index contributed by atoms with van der Waals surface area (Å²) in [4.78, 5) is 3.92. The van der Waals surface area contributed by atoms with Gasteiger partial charge >= 0.3 is 0 Å². The van der Waals surface area contributed by atoms with Crippen LogP contribution in [0.5, 0.6) is 17.2 Å². The minimum Gasteiger partial charge on any atom is -0.504 e. The van der Waals surface area contributed by atoms with Crippen LogP contribution in [0.25, 0.3) is 10.8 Å². The first-order valence-electron chi connectivity index (χ1n) is 6.02. The van der Waals surface area contributed by atoms with Crippen molar-refractivity contribution in [3.63, 3.8) is 0 Å². The zero-order chi connectivity index (χ0) is 13.9. The van der Waals surface area contributed by atoms with Gasteiger partial charge in [-0.05, 0) is 35.0 Å². The molecule has 96 valence electrons. The number of phenolic OH excluding ortho intramolecular Hbond substituents is 1. The van der Waals surface area contributed by atoms with E-state index in [1.54, 1.807) is 24.3 Å².